The van der Waals surface area contributed by atoms with E-state index in [0.29, 0.717) is 4.75 Å². The number of pyridine rings is 1. The Balaban J connectivity index is 1.77. The molecule has 2 aromatic heterocycles. The standard InChI is InChI=1S/C13H18N4S/c1-10-5-3-8-17-11(10)15-12(16-17)14-9-13(18-2)6-4-7-13/h3,5,8H,4,6-7,9H2,1-2H3,(H,14,16). The van der Waals surface area contributed by atoms with E-state index in [1.165, 1.54) is 19.3 Å². The molecule has 0 aliphatic heterocycles. The Labute approximate surface area is 111 Å². The summed E-state index contributed by atoms with van der Waals surface area (Å²) in [7, 11) is 0. The fourth-order valence-electron chi connectivity index (χ4n) is 2.38. The van der Waals surface area contributed by atoms with Crippen molar-refractivity contribution in [3.05, 3.63) is 23.9 Å². The highest BCUT2D eigenvalue weighted by atomic mass is 32.2. The molecule has 4 nitrogen and oxygen atoms in total. The topological polar surface area (TPSA) is 42.2 Å². The van der Waals surface area contributed by atoms with Crippen LogP contribution < -0.4 is 5.32 Å². The van der Waals surface area contributed by atoms with Crippen LogP contribution >= 0.6 is 11.8 Å². The third-order valence-electron chi connectivity index (χ3n) is 3.82. The molecule has 1 aliphatic rings. The molecule has 0 saturated heterocycles. The van der Waals surface area contributed by atoms with Gasteiger partial charge in [0.05, 0.1) is 0 Å². The molecule has 0 radical (unpaired) electrons. The molecule has 1 fully saturated rings. The highest BCUT2D eigenvalue weighted by molar-refractivity contribution is 8.00. The molecule has 0 aromatic carbocycles. The summed E-state index contributed by atoms with van der Waals surface area (Å²) < 4.78 is 2.25. The zero-order valence-corrected chi connectivity index (χ0v) is 11.6. The lowest BCUT2D eigenvalue weighted by molar-refractivity contribution is 0.379. The van der Waals surface area contributed by atoms with Gasteiger partial charge in [-0.25, -0.2) is 4.52 Å². The molecule has 1 saturated carbocycles. The lowest BCUT2D eigenvalue weighted by Gasteiger charge is -2.40. The lowest BCUT2D eigenvalue weighted by Crippen LogP contribution is -2.40. The maximum Gasteiger partial charge on any atom is 0.243 e. The largest absolute Gasteiger partial charge is 0.352 e. The Morgan fingerprint density at radius 1 is 1.50 bits per heavy atom. The molecule has 2 heterocycles. The summed E-state index contributed by atoms with van der Waals surface area (Å²) in [5.74, 6) is 0.740. The van der Waals surface area contributed by atoms with Gasteiger partial charge in [0.25, 0.3) is 0 Å². The Morgan fingerprint density at radius 3 is 2.94 bits per heavy atom. The summed E-state index contributed by atoms with van der Waals surface area (Å²) in [6, 6.07) is 4.05. The van der Waals surface area contributed by atoms with Gasteiger partial charge >= 0.3 is 0 Å². The zero-order chi connectivity index (χ0) is 12.6. The van der Waals surface area contributed by atoms with E-state index in [2.05, 4.69) is 34.6 Å². The van der Waals surface area contributed by atoms with Gasteiger partial charge in [0.15, 0.2) is 5.65 Å². The van der Waals surface area contributed by atoms with Crippen LogP contribution in [-0.2, 0) is 0 Å². The van der Waals surface area contributed by atoms with Crippen LogP contribution in [0.4, 0.5) is 5.95 Å². The third-order valence-corrected chi connectivity index (χ3v) is 5.24. The van der Waals surface area contributed by atoms with Crippen LogP contribution in [0.25, 0.3) is 5.65 Å². The van der Waals surface area contributed by atoms with Crippen LogP contribution in [0.1, 0.15) is 24.8 Å². The maximum atomic E-state index is 4.54. The summed E-state index contributed by atoms with van der Waals surface area (Å²) >= 11 is 1.96. The van der Waals surface area contributed by atoms with E-state index >= 15 is 0 Å². The van der Waals surface area contributed by atoms with E-state index in [4.69, 9.17) is 0 Å². The van der Waals surface area contributed by atoms with E-state index in [1.807, 2.05) is 28.5 Å². The quantitative estimate of drug-likeness (QED) is 0.920. The molecule has 3 rings (SSSR count). The maximum absolute atomic E-state index is 4.54. The number of aryl methyl sites for hydroxylation is 1. The van der Waals surface area contributed by atoms with Crippen LogP contribution in [-0.4, -0.2) is 32.1 Å². The van der Waals surface area contributed by atoms with E-state index in [9.17, 15) is 0 Å². The molecule has 96 valence electrons. The summed E-state index contributed by atoms with van der Waals surface area (Å²) in [6.45, 7) is 3.02. The smallest absolute Gasteiger partial charge is 0.243 e. The van der Waals surface area contributed by atoms with Crippen molar-refractivity contribution in [2.75, 3.05) is 18.1 Å². The first-order valence-corrected chi connectivity index (χ1v) is 7.56. The van der Waals surface area contributed by atoms with Crippen molar-refractivity contribution in [1.29, 1.82) is 0 Å². The van der Waals surface area contributed by atoms with Gasteiger partial charge in [-0.2, -0.15) is 16.7 Å². The fourth-order valence-corrected chi connectivity index (χ4v) is 3.29. The third kappa shape index (κ3) is 1.96. The van der Waals surface area contributed by atoms with Gasteiger partial charge < -0.3 is 5.32 Å². The first kappa shape index (κ1) is 11.8. The predicted octanol–water partition coefficient (Wildman–Crippen LogP) is 2.74. The minimum atomic E-state index is 0.409. The number of nitrogens with one attached hydrogen (secondary N) is 1. The highest BCUT2D eigenvalue weighted by Gasteiger charge is 2.36. The summed E-state index contributed by atoms with van der Waals surface area (Å²) in [6.07, 6.45) is 8.08. The summed E-state index contributed by atoms with van der Waals surface area (Å²) in [5, 5.41) is 7.85. The Morgan fingerprint density at radius 2 is 2.33 bits per heavy atom. The van der Waals surface area contributed by atoms with E-state index in [0.717, 1.165) is 23.7 Å². The average molecular weight is 262 g/mol. The van der Waals surface area contributed by atoms with Crippen molar-refractivity contribution in [3.63, 3.8) is 0 Å². The van der Waals surface area contributed by atoms with Gasteiger partial charge in [-0.05, 0) is 37.7 Å². The lowest BCUT2D eigenvalue weighted by atomic mass is 9.84. The Kier molecular flexibility index (Phi) is 2.93. The Bertz CT molecular complexity index is 554. The molecule has 1 N–H and O–H groups in total. The normalized spacial score (nSPS) is 17.7. The molecule has 18 heavy (non-hydrogen) atoms. The molecule has 1 aliphatic carbocycles. The minimum Gasteiger partial charge on any atom is -0.352 e. The Hall–Kier alpha value is -1.23. The minimum absolute atomic E-state index is 0.409. The van der Waals surface area contributed by atoms with Crippen molar-refractivity contribution in [1.82, 2.24) is 14.6 Å². The number of hydrogen-bond acceptors (Lipinski definition) is 4. The first-order chi connectivity index (χ1) is 8.72. The second kappa shape index (κ2) is 4.46. The van der Waals surface area contributed by atoms with Crippen molar-refractivity contribution < 1.29 is 0 Å². The van der Waals surface area contributed by atoms with Crippen molar-refractivity contribution in [3.8, 4) is 0 Å². The number of thioether (sulfide) groups is 1. The SMILES string of the molecule is CSC1(CNc2nc3c(C)cccn3n2)CCC1. The molecular weight excluding hydrogens is 244 g/mol. The second-order valence-corrected chi connectivity index (χ2v) is 6.26. The van der Waals surface area contributed by atoms with Crippen LogP contribution in [0.2, 0.25) is 0 Å². The van der Waals surface area contributed by atoms with E-state index in [1.54, 1.807) is 0 Å². The second-order valence-electron chi connectivity index (χ2n) is 4.99. The molecule has 5 heteroatoms. The summed E-state index contributed by atoms with van der Waals surface area (Å²) in [4.78, 5) is 4.54. The van der Waals surface area contributed by atoms with Gasteiger partial charge in [0.1, 0.15) is 0 Å². The highest BCUT2D eigenvalue weighted by Crippen LogP contribution is 2.42. The molecule has 2 aromatic rings. The van der Waals surface area contributed by atoms with Crippen LogP contribution in [0.3, 0.4) is 0 Å². The zero-order valence-electron chi connectivity index (χ0n) is 10.8. The molecular formula is C13H18N4S. The van der Waals surface area contributed by atoms with Gasteiger partial charge in [0, 0.05) is 17.5 Å². The van der Waals surface area contributed by atoms with Crippen LogP contribution in [0, 0.1) is 6.92 Å². The number of hydrogen-bond donors (Lipinski definition) is 1. The van der Waals surface area contributed by atoms with Crippen molar-refractivity contribution in [2.24, 2.45) is 0 Å². The van der Waals surface area contributed by atoms with Crippen LogP contribution in [0.5, 0.6) is 0 Å². The van der Waals surface area contributed by atoms with Gasteiger partial charge in [-0.15, -0.1) is 5.10 Å². The van der Waals surface area contributed by atoms with E-state index in [-0.39, 0.29) is 0 Å². The number of nitrogens with zero attached hydrogens (tertiary/aromatic N) is 3. The van der Waals surface area contributed by atoms with Gasteiger partial charge in [-0.1, -0.05) is 12.5 Å². The monoisotopic (exact) mass is 262 g/mol. The van der Waals surface area contributed by atoms with Crippen molar-refractivity contribution in [2.45, 2.75) is 30.9 Å². The number of anilines is 1. The fraction of sp³-hybridized carbons (Fsp3) is 0.538. The average Bonchev–Trinajstić information content (AvgIpc) is 2.73. The first-order valence-electron chi connectivity index (χ1n) is 6.33. The van der Waals surface area contributed by atoms with Gasteiger partial charge in [-0.3, -0.25) is 0 Å². The van der Waals surface area contributed by atoms with Crippen molar-refractivity contribution >= 4 is 23.4 Å². The number of aromatic nitrogens is 3. The van der Waals surface area contributed by atoms with Crippen LogP contribution in [0.15, 0.2) is 18.3 Å². The molecule has 0 amide bonds. The molecule has 0 atom stereocenters. The molecule has 0 spiro atoms. The summed E-state index contributed by atoms with van der Waals surface area (Å²) in [5.41, 5.74) is 2.09. The molecule has 0 unspecified atom stereocenters. The van der Waals surface area contributed by atoms with E-state index < -0.39 is 0 Å². The van der Waals surface area contributed by atoms with Gasteiger partial charge in [0.2, 0.25) is 5.95 Å². The number of rotatable bonds is 4. The predicted molar refractivity (Wildman–Crippen MR) is 76.3 cm³/mol. The molecule has 0 bridgehead atoms. The number of fused-ring (bicyclic) bond motifs is 1.